The number of amides is 1. The van der Waals surface area contributed by atoms with Gasteiger partial charge in [-0.05, 0) is 25.0 Å². The Balaban J connectivity index is 0.00000400. The molecule has 7 nitrogen and oxygen atoms in total. The van der Waals surface area contributed by atoms with Crippen molar-refractivity contribution < 1.29 is 14.7 Å². The molecule has 6 N–H and O–H groups in total. The Labute approximate surface area is 128 Å². The first kappa shape index (κ1) is 18.7. The van der Waals surface area contributed by atoms with Gasteiger partial charge in [0.1, 0.15) is 6.04 Å². The Morgan fingerprint density at radius 2 is 1.86 bits per heavy atom. The predicted molar refractivity (Wildman–Crippen MR) is 82.5 cm³/mol. The summed E-state index contributed by atoms with van der Waals surface area (Å²) in [7, 11) is 0. The Hall–Kier alpha value is -2.28. The molecule has 116 valence electrons. The molecule has 0 aromatic heterocycles. The summed E-state index contributed by atoms with van der Waals surface area (Å²) in [6.07, 6.45) is 0.717. The van der Waals surface area contributed by atoms with Crippen LogP contribution < -0.4 is 16.8 Å². The third kappa shape index (κ3) is 7.17. The van der Waals surface area contributed by atoms with Crippen LogP contribution in [0.5, 0.6) is 0 Å². The van der Waals surface area contributed by atoms with Gasteiger partial charge in [0.25, 0.3) is 5.91 Å². The quantitative estimate of drug-likeness (QED) is 0.327. The van der Waals surface area contributed by atoms with Crippen LogP contribution in [0.4, 0.5) is 0 Å². The average Bonchev–Trinajstić information content (AvgIpc) is 2.42. The van der Waals surface area contributed by atoms with Crippen LogP contribution in [-0.4, -0.2) is 35.5 Å². The Morgan fingerprint density at radius 3 is 2.38 bits per heavy atom. The van der Waals surface area contributed by atoms with E-state index in [1.54, 1.807) is 30.3 Å². The third-order valence-electron chi connectivity index (χ3n) is 2.58. The third-order valence-corrected chi connectivity index (χ3v) is 2.58. The van der Waals surface area contributed by atoms with Crippen LogP contribution >= 0.6 is 12.4 Å². The highest BCUT2D eigenvalue weighted by atomic mass is 35.5. The smallest absolute Gasteiger partial charge is 0.326 e. The molecule has 1 aromatic rings. The lowest BCUT2D eigenvalue weighted by Crippen LogP contribution is -2.40. The zero-order chi connectivity index (χ0) is 15.0. The average molecular weight is 315 g/mol. The molecule has 0 radical (unpaired) electrons. The monoisotopic (exact) mass is 314 g/mol. The summed E-state index contributed by atoms with van der Waals surface area (Å²) >= 11 is 0. The largest absolute Gasteiger partial charge is 0.480 e. The molecule has 0 spiro atoms. The summed E-state index contributed by atoms with van der Waals surface area (Å²) in [5.74, 6) is -1.54. The predicted octanol–water partition coefficient (Wildman–Crippen LogP) is 0.345. The second-order valence-corrected chi connectivity index (χ2v) is 4.18. The van der Waals surface area contributed by atoms with E-state index in [9.17, 15) is 9.59 Å². The zero-order valence-electron chi connectivity index (χ0n) is 11.4. The van der Waals surface area contributed by atoms with E-state index in [2.05, 4.69) is 10.3 Å². The summed E-state index contributed by atoms with van der Waals surface area (Å²) in [5, 5.41) is 11.5. The Bertz CT molecular complexity index is 489. The van der Waals surface area contributed by atoms with Crippen LogP contribution in [0.15, 0.2) is 35.3 Å². The summed E-state index contributed by atoms with van der Waals surface area (Å²) in [4.78, 5) is 26.7. The summed E-state index contributed by atoms with van der Waals surface area (Å²) < 4.78 is 0. The lowest BCUT2D eigenvalue weighted by molar-refractivity contribution is -0.139. The minimum absolute atomic E-state index is 0. The summed E-state index contributed by atoms with van der Waals surface area (Å²) in [6, 6.07) is 7.48. The molecule has 0 aliphatic carbocycles. The topological polar surface area (TPSA) is 131 Å². The van der Waals surface area contributed by atoms with Gasteiger partial charge >= 0.3 is 5.97 Å². The number of halogens is 1. The number of aliphatic imine (C=N–C) groups is 1. The molecule has 21 heavy (non-hydrogen) atoms. The molecular formula is C13H19ClN4O3. The Kier molecular flexibility index (Phi) is 8.55. The molecule has 1 unspecified atom stereocenters. The standard InChI is InChI=1S/C13H18N4O3.ClH/c14-13(15)16-8-4-7-10(12(19)20)17-11(18)9-5-2-1-3-6-9;/h1-3,5-6,10H,4,7-8H2,(H,17,18)(H,19,20)(H4,14,15,16);1H. The van der Waals surface area contributed by atoms with Crippen molar-refractivity contribution in [3.05, 3.63) is 35.9 Å². The van der Waals surface area contributed by atoms with E-state index in [-0.39, 0.29) is 24.8 Å². The number of benzene rings is 1. The summed E-state index contributed by atoms with van der Waals surface area (Å²) in [6.45, 7) is 0.327. The number of aliphatic carboxylic acids is 1. The minimum atomic E-state index is -1.08. The maximum absolute atomic E-state index is 11.9. The maximum atomic E-state index is 11.9. The van der Waals surface area contributed by atoms with Gasteiger partial charge < -0.3 is 21.9 Å². The lowest BCUT2D eigenvalue weighted by Gasteiger charge is -2.14. The van der Waals surface area contributed by atoms with Crippen LogP contribution in [0.3, 0.4) is 0 Å². The fourth-order valence-electron chi connectivity index (χ4n) is 1.59. The molecule has 0 fully saturated rings. The highest BCUT2D eigenvalue weighted by Gasteiger charge is 2.19. The van der Waals surface area contributed by atoms with Gasteiger partial charge in [-0.1, -0.05) is 18.2 Å². The normalized spacial score (nSPS) is 10.9. The van der Waals surface area contributed by atoms with Crippen LogP contribution in [-0.2, 0) is 4.79 Å². The van der Waals surface area contributed by atoms with Crippen molar-refractivity contribution in [2.75, 3.05) is 6.54 Å². The van der Waals surface area contributed by atoms with Gasteiger partial charge in [-0.3, -0.25) is 9.79 Å². The zero-order valence-corrected chi connectivity index (χ0v) is 12.2. The second kappa shape index (κ2) is 9.60. The molecule has 0 heterocycles. The first-order valence-corrected chi connectivity index (χ1v) is 6.15. The van der Waals surface area contributed by atoms with Crippen LogP contribution in [0.1, 0.15) is 23.2 Å². The fraction of sp³-hybridized carbons (Fsp3) is 0.308. The number of nitrogens with zero attached hydrogens (tertiary/aromatic N) is 1. The van der Waals surface area contributed by atoms with Crippen molar-refractivity contribution >= 4 is 30.2 Å². The minimum Gasteiger partial charge on any atom is -0.480 e. The maximum Gasteiger partial charge on any atom is 0.326 e. The van der Waals surface area contributed by atoms with E-state index in [0.29, 0.717) is 18.5 Å². The van der Waals surface area contributed by atoms with Gasteiger partial charge in [0, 0.05) is 12.1 Å². The number of nitrogens with two attached hydrogens (primary N) is 2. The van der Waals surface area contributed by atoms with E-state index in [0.717, 1.165) is 0 Å². The van der Waals surface area contributed by atoms with E-state index in [1.165, 1.54) is 0 Å². The van der Waals surface area contributed by atoms with Crippen LogP contribution in [0.25, 0.3) is 0 Å². The van der Waals surface area contributed by atoms with E-state index < -0.39 is 17.9 Å². The molecule has 0 aliphatic heterocycles. The molecule has 1 amide bonds. The molecular weight excluding hydrogens is 296 g/mol. The van der Waals surface area contributed by atoms with Crippen molar-refractivity contribution in [2.45, 2.75) is 18.9 Å². The van der Waals surface area contributed by atoms with Crippen molar-refractivity contribution in [3.63, 3.8) is 0 Å². The molecule has 8 heteroatoms. The van der Waals surface area contributed by atoms with Gasteiger partial charge in [-0.15, -0.1) is 12.4 Å². The number of carboxylic acids is 1. The molecule has 0 saturated carbocycles. The highest BCUT2D eigenvalue weighted by molar-refractivity contribution is 5.96. The lowest BCUT2D eigenvalue weighted by atomic mass is 10.1. The number of carboxylic acid groups (broad SMARTS) is 1. The molecule has 1 rings (SSSR count). The van der Waals surface area contributed by atoms with Crippen molar-refractivity contribution in [1.29, 1.82) is 0 Å². The molecule has 0 saturated heterocycles. The SMILES string of the molecule is Cl.NC(N)=NCCCC(NC(=O)c1ccccc1)C(=O)O. The van der Waals surface area contributed by atoms with Crippen LogP contribution in [0.2, 0.25) is 0 Å². The number of nitrogens with one attached hydrogen (secondary N) is 1. The number of hydrogen-bond donors (Lipinski definition) is 4. The molecule has 0 aliphatic rings. The van der Waals surface area contributed by atoms with Gasteiger partial charge in [-0.2, -0.15) is 0 Å². The van der Waals surface area contributed by atoms with Crippen molar-refractivity contribution in [2.24, 2.45) is 16.5 Å². The first-order chi connectivity index (χ1) is 9.50. The summed E-state index contributed by atoms with van der Waals surface area (Å²) in [5.41, 5.74) is 10.8. The molecule has 1 atom stereocenters. The number of hydrogen-bond acceptors (Lipinski definition) is 3. The number of carbonyl (C=O) groups is 2. The van der Waals surface area contributed by atoms with Gasteiger partial charge in [0.15, 0.2) is 5.96 Å². The number of guanidine groups is 1. The van der Waals surface area contributed by atoms with Gasteiger partial charge in [-0.25, -0.2) is 4.79 Å². The van der Waals surface area contributed by atoms with Gasteiger partial charge in [0.05, 0.1) is 0 Å². The van der Waals surface area contributed by atoms with E-state index in [1.807, 2.05) is 0 Å². The van der Waals surface area contributed by atoms with E-state index in [4.69, 9.17) is 16.6 Å². The highest BCUT2D eigenvalue weighted by Crippen LogP contribution is 2.03. The van der Waals surface area contributed by atoms with Gasteiger partial charge in [0.2, 0.25) is 0 Å². The number of carbonyl (C=O) groups excluding carboxylic acids is 1. The van der Waals surface area contributed by atoms with Crippen molar-refractivity contribution in [1.82, 2.24) is 5.32 Å². The van der Waals surface area contributed by atoms with Crippen LogP contribution in [0, 0.1) is 0 Å². The molecule has 0 bridgehead atoms. The number of rotatable bonds is 7. The fourth-order valence-corrected chi connectivity index (χ4v) is 1.59. The molecule has 1 aromatic carbocycles. The Morgan fingerprint density at radius 1 is 1.24 bits per heavy atom. The van der Waals surface area contributed by atoms with Crippen molar-refractivity contribution in [3.8, 4) is 0 Å². The first-order valence-electron chi connectivity index (χ1n) is 6.15. The second-order valence-electron chi connectivity index (χ2n) is 4.18. The van der Waals surface area contributed by atoms with E-state index >= 15 is 0 Å².